The number of hydrogen-bond donors (Lipinski definition) is 0. The molecule has 4 aromatic carbocycles. The molecule has 36 heavy (non-hydrogen) atoms. The number of carbonyl (C=O) groups excluding carboxylic acids is 1. The predicted molar refractivity (Wildman–Crippen MR) is 142 cm³/mol. The molecule has 0 bridgehead atoms. The monoisotopic (exact) mass is 541 g/mol. The second-order valence-corrected chi connectivity index (χ2v) is 8.74. The maximum absolute atomic E-state index is 13.3. The lowest BCUT2D eigenvalue weighted by Crippen LogP contribution is -2.29. The number of benzene rings is 4. The van der Waals surface area contributed by atoms with E-state index in [0.29, 0.717) is 32.7 Å². The molecule has 6 nitrogen and oxygen atoms in total. The quantitative estimate of drug-likeness (QED) is 0.225. The number of halogens is 1. The van der Waals surface area contributed by atoms with Crippen LogP contribution in [-0.4, -0.2) is 6.09 Å². The molecule has 0 spiro atoms. The maximum atomic E-state index is 13.3. The molecule has 178 valence electrons. The minimum Gasteiger partial charge on any atom is -0.457 e. The number of ether oxygens (including phenoxy) is 2. The molecule has 5 aromatic rings. The molecule has 0 aliphatic rings. The Balaban J connectivity index is 1.47. The van der Waals surface area contributed by atoms with E-state index in [1.165, 1.54) is 11.0 Å². The van der Waals surface area contributed by atoms with Crippen molar-refractivity contribution in [2.24, 2.45) is 0 Å². The van der Waals surface area contributed by atoms with Gasteiger partial charge in [0.25, 0.3) is 0 Å². The van der Waals surface area contributed by atoms with Crippen LogP contribution in [0.2, 0.25) is 0 Å². The first kappa shape index (κ1) is 23.4. The second-order valence-electron chi connectivity index (χ2n) is 7.88. The standard InChI is InChI=1S/C29H20BrNO5/c1-19-28(36-25-15-9-8-14-24(25)30)27(32)23-17-16-22(18-26(23)34-19)35-29(33)31(20-10-4-2-5-11-20)21-12-6-3-7-13-21/h2-18H,1H3. The Morgan fingerprint density at radius 3 is 2.08 bits per heavy atom. The van der Waals surface area contributed by atoms with Crippen molar-refractivity contribution in [3.05, 3.63) is 124 Å². The molecule has 0 aliphatic carbocycles. The molecule has 0 aliphatic heterocycles. The van der Waals surface area contributed by atoms with E-state index >= 15 is 0 Å². The van der Waals surface area contributed by atoms with Gasteiger partial charge in [-0.25, -0.2) is 9.69 Å². The first-order chi connectivity index (χ1) is 17.5. The molecule has 0 N–H and O–H groups in total. The summed E-state index contributed by atoms with van der Waals surface area (Å²) in [5.41, 5.74) is 1.28. The van der Waals surface area contributed by atoms with E-state index < -0.39 is 6.09 Å². The normalized spacial score (nSPS) is 10.7. The van der Waals surface area contributed by atoms with E-state index in [0.717, 1.165) is 0 Å². The van der Waals surface area contributed by atoms with Crippen molar-refractivity contribution in [2.45, 2.75) is 6.92 Å². The first-order valence-corrected chi connectivity index (χ1v) is 11.9. The number of aryl methyl sites for hydroxylation is 1. The van der Waals surface area contributed by atoms with Crippen molar-refractivity contribution >= 4 is 44.4 Å². The van der Waals surface area contributed by atoms with Crippen LogP contribution in [0.5, 0.6) is 17.2 Å². The van der Waals surface area contributed by atoms with Crippen LogP contribution in [0.4, 0.5) is 16.2 Å². The number of carbonyl (C=O) groups is 1. The van der Waals surface area contributed by atoms with Gasteiger partial charge in [0.2, 0.25) is 11.2 Å². The van der Waals surface area contributed by atoms with Gasteiger partial charge in [0.15, 0.2) is 0 Å². The summed E-state index contributed by atoms with van der Waals surface area (Å²) in [7, 11) is 0. The summed E-state index contributed by atoms with van der Waals surface area (Å²) < 4.78 is 18.2. The summed E-state index contributed by atoms with van der Waals surface area (Å²) in [6.45, 7) is 1.65. The highest BCUT2D eigenvalue weighted by atomic mass is 79.9. The van der Waals surface area contributed by atoms with Gasteiger partial charge in [0.1, 0.15) is 22.8 Å². The van der Waals surface area contributed by atoms with Gasteiger partial charge in [0, 0.05) is 6.07 Å². The lowest BCUT2D eigenvalue weighted by atomic mass is 10.2. The first-order valence-electron chi connectivity index (χ1n) is 11.1. The number of hydrogen-bond acceptors (Lipinski definition) is 5. The molecular formula is C29H20BrNO5. The number of anilines is 2. The van der Waals surface area contributed by atoms with Crippen LogP contribution in [-0.2, 0) is 0 Å². The van der Waals surface area contributed by atoms with Crippen molar-refractivity contribution < 1.29 is 18.7 Å². The van der Waals surface area contributed by atoms with Gasteiger partial charge in [-0.1, -0.05) is 48.5 Å². The number of nitrogens with zero attached hydrogens (tertiary/aromatic N) is 1. The van der Waals surface area contributed by atoms with Crippen LogP contribution in [0, 0.1) is 6.92 Å². The van der Waals surface area contributed by atoms with Crippen LogP contribution in [0.1, 0.15) is 5.76 Å². The van der Waals surface area contributed by atoms with Gasteiger partial charge in [-0.05, 0) is 71.4 Å². The van der Waals surface area contributed by atoms with Crippen LogP contribution in [0.25, 0.3) is 11.0 Å². The van der Waals surface area contributed by atoms with Crippen LogP contribution in [0.3, 0.4) is 0 Å². The largest absolute Gasteiger partial charge is 0.457 e. The third-order valence-electron chi connectivity index (χ3n) is 5.45. The molecule has 0 unspecified atom stereocenters. The molecular weight excluding hydrogens is 522 g/mol. The molecule has 7 heteroatoms. The third kappa shape index (κ3) is 4.74. The number of para-hydroxylation sites is 3. The summed E-state index contributed by atoms with van der Waals surface area (Å²) in [5, 5.41) is 0.311. The highest BCUT2D eigenvalue weighted by Crippen LogP contribution is 2.32. The summed E-state index contributed by atoms with van der Waals surface area (Å²) in [5.74, 6) is 1.14. The fourth-order valence-corrected chi connectivity index (χ4v) is 4.11. The molecule has 1 heterocycles. The zero-order valence-corrected chi connectivity index (χ0v) is 20.8. The Bertz CT molecular complexity index is 1560. The van der Waals surface area contributed by atoms with Gasteiger partial charge < -0.3 is 13.9 Å². The maximum Gasteiger partial charge on any atom is 0.424 e. The van der Waals surface area contributed by atoms with Gasteiger partial charge >= 0.3 is 6.09 Å². The van der Waals surface area contributed by atoms with Crippen molar-refractivity contribution in [3.63, 3.8) is 0 Å². The Labute approximate surface area is 215 Å². The molecule has 0 saturated carbocycles. The van der Waals surface area contributed by atoms with E-state index in [-0.39, 0.29) is 22.5 Å². The summed E-state index contributed by atoms with van der Waals surface area (Å²) in [6, 6.07) is 30.3. The van der Waals surface area contributed by atoms with Crippen LogP contribution >= 0.6 is 15.9 Å². The number of amides is 1. The van der Waals surface area contributed by atoms with Crippen molar-refractivity contribution in [3.8, 4) is 17.2 Å². The summed E-state index contributed by atoms with van der Waals surface area (Å²) in [6.07, 6.45) is -0.597. The van der Waals surface area contributed by atoms with Gasteiger partial charge in [-0.15, -0.1) is 0 Å². The second kappa shape index (κ2) is 10.1. The number of rotatable bonds is 5. The lowest BCUT2D eigenvalue weighted by Gasteiger charge is -2.22. The Morgan fingerprint density at radius 2 is 1.44 bits per heavy atom. The Morgan fingerprint density at radius 1 is 0.833 bits per heavy atom. The third-order valence-corrected chi connectivity index (χ3v) is 6.11. The SMILES string of the molecule is Cc1oc2cc(OC(=O)N(c3ccccc3)c3ccccc3)ccc2c(=O)c1Oc1ccccc1Br. The van der Waals surface area contributed by atoms with Crippen molar-refractivity contribution in [2.75, 3.05) is 4.90 Å². The fourth-order valence-electron chi connectivity index (χ4n) is 3.75. The molecule has 1 aromatic heterocycles. The zero-order valence-electron chi connectivity index (χ0n) is 19.2. The molecule has 1 amide bonds. The lowest BCUT2D eigenvalue weighted by molar-refractivity contribution is 0.210. The highest BCUT2D eigenvalue weighted by molar-refractivity contribution is 9.10. The van der Waals surface area contributed by atoms with Gasteiger partial charge in [-0.2, -0.15) is 0 Å². The van der Waals surface area contributed by atoms with Crippen LogP contribution < -0.4 is 19.8 Å². The van der Waals surface area contributed by atoms with E-state index in [9.17, 15) is 9.59 Å². The number of fused-ring (bicyclic) bond motifs is 1. The average Bonchev–Trinajstić information content (AvgIpc) is 2.89. The van der Waals surface area contributed by atoms with E-state index in [2.05, 4.69) is 15.9 Å². The molecule has 5 rings (SSSR count). The van der Waals surface area contributed by atoms with Crippen molar-refractivity contribution in [1.29, 1.82) is 0 Å². The van der Waals surface area contributed by atoms with Crippen molar-refractivity contribution in [1.82, 2.24) is 0 Å². The van der Waals surface area contributed by atoms with E-state index in [1.54, 1.807) is 25.1 Å². The van der Waals surface area contributed by atoms with E-state index in [4.69, 9.17) is 13.9 Å². The van der Waals surface area contributed by atoms with Gasteiger partial charge in [0.05, 0.1) is 21.2 Å². The molecule has 0 saturated heterocycles. The summed E-state index contributed by atoms with van der Waals surface area (Å²) in [4.78, 5) is 27.9. The average molecular weight is 542 g/mol. The van der Waals surface area contributed by atoms with E-state index in [1.807, 2.05) is 78.9 Å². The Kier molecular flexibility index (Phi) is 6.56. The Hall–Kier alpha value is -4.36. The zero-order chi connectivity index (χ0) is 25.1. The highest BCUT2D eigenvalue weighted by Gasteiger charge is 2.21. The fraction of sp³-hybridized carbons (Fsp3) is 0.0345. The topological polar surface area (TPSA) is 69.0 Å². The molecule has 0 fully saturated rings. The van der Waals surface area contributed by atoms with Crippen LogP contribution in [0.15, 0.2) is 117 Å². The minimum atomic E-state index is -0.597. The smallest absolute Gasteiger partial charge is 0.424 e. The minimum absolute atomic E-state index is 0.0958. The predicted octanol–water partition coefficient (Wildman–Crippen LogP) is 7.99. The van der Waals surface area contributed by atoms with Gasteiger partial charge in [-0.3, -0.25) is 4.79 Å². The summed E-state index contributed by atoms with van der Waals surface area (Å²) >= 11 is 3.42. The molecule has 0 radical (unpaired) electrons. The molecule has 0 atom stereocenters.